The van der Waals surface area contributed by atoms with Gasteiger partial charge in [-0.25, -0.2) is 0 Å². The zero-order valence-corrected chi connectivity index (χ0v) is 8.82. The number of aryl methyl sites for hydroxylation is 1. The summed E-state index contributed by atoms with van der Waals surface area (Å²) in [5, 5.41) is 15.0. The summed E-state index contributed by atoms with van der Waals surface area (Å²) in [5.74, 6) is -1.13. The van der Waals surface area contributed by atoms with E-state index in [4.69, 9.17) is 9.63 Å². The number of rotatable bonds is 4. The Morgan fingerprint density at radius 2 is 2.31 bits per heavy atom. The minimum absolute atomic E-state index is 0.140. The third-order valence-corrected chi connectivity index (χ3v) is 2.85. The van der Waals surface area contributed by atoms with E-state index in [1.807, 2.05) is 0 Å². The largest absolute Gasteiger partial charge is 0.481 e. The van der Waals surface area contributed by atoms with Crippen molar-refractivity contribution in [1.82, 2.24) is 10.5 Å². The van der Waals surface area contributed by atoms with E-state index in [0.717, 1.165) is 0 Å². The Bertz CT molecular complexity index is 434. The molecule has 1 aliphatic carbocycles. The molecule has 16 heavy (non-hydrogen) atoms. The fraction of sp³-hybridized carbons (Fsp3) is 0.500. The van der Waals surface area contributed by atoms with Gasteiger partial charge in [0.1, 0.15) is 0 Å². The molecule has 0 aromatic carbocycles. The summed E-state index contributed by atoms with van der Waals surface area (Å²) in [4.78, 5) is 22.4. The second kappa shape index (κ2) is 3.62. The number of aromatic nitrogens is 1. The van der Waals surface area contributed by atoms with Crippen LogP contribution in [0.25, 0.3) is 0 Å². The lowest BCUT2D eigenvalue weighted by Crippen LogP contribution is -2.34. The van der Waals surface area contributed by atoms with E-state index >= 15 is 0 Å². The predicted octanol–water partition coefficient (Wildman–Crippen LogP) is 0.578. The number of hydrogen-bond acceptors (Lipinski definition) is 4. The van der Waals surface area contributed by atoms with E-state index in [2.05, 4.69) is 10.5 Å². The maximum absolute atomic E-state index is 11.6. The summed E-state index contributed by atoms with van der Waals surface area (Å²) >= 11 is 0. The lowest BCUT2D eigenvalue weighted by atomic mass is 10.1. The molecule has 1 amide bonds. The number of carboxylic acid groups (broad SMARTS) is 1. The molecule has 0 aliphatic heterocycles. The van der Waals surface area contributed by atoms with Gasteiger partial charge < -0.3 is 14.9 Å². The van der Waals surface area contributed by atoms with Crippen LogP contribution in [0, 0.1) is 12.3 Å². The maximum atomic E-state index is 11.6. The smallest absolute Gasteiger partial charge is 0.311 e. The van der Waals surface area contributed by atoms with Crippen LogP contribution in [0.4, 0.5) is 0 Å². The van der Waals surface area contributed by atoms with Crippen molar-refractivity contribution < 1.29 is 19.2 Å². The average Bonchev–Trinajstić information content (AvgIpc) is 2.92. The first-order valence-electron chi connectivity index (χ1n) is 4.98. The lowest BCUT2D eigenvalue weighted by Gasteiger charge is -2.09. The van der Waals surface area contributed by atoms with Gasteiger partial charge in [0.25, 0.3) is 5.91 Å². The van der Waals surface area contributed by atoms with Crippen LogP contribution < -0.4 is 5.32 Å². The second-order valence-corrected chi connectivity index (χ2v) is 4.11. The fourth-order valence-electron chi connectivity index (χ4n) is 1.46. The van der Waals surface area contributed by atoms with Gasteiger partial charge >= 0.3 is 5.97 Å². The second-order valence-electron chi connectivity index (χ2n) is 4.11. The normalized spacial score (nSPS) is 16.8. The Hall–Kier alpha value is -1.85. The molecular formula is C10H12N2O4. The Labute approximate surface area is 91.6 Å². The van der Waals surface area contributed by atoms with Crippen LogP contribution in [-0.4, -0.2) is 28.7 Å². The minimum Gasteiger partial charge on any atom is -0.481 e. The van der Waals surface area contributed by atoms with Crippen LogP contribution in [0.2, 0.25) is 0 Å². The van der Waals surface area contributed by atoms with Crippen molar-refractivity contribution >= 4 is 11.9 Å². The SMILES string of the molecule is Cc1cnoc1C(=O)NCC1(C(=O)O)CC1. The van der Waals surface area contributed by atoms with Crippen molar-refractivity contribution in [2.75, 3.05) is 6.54 Å². The summed E-state index contributed by atoms with van der Waals surface area (Å²) in [7, 11) is 0. The van der Waals surface area contributed by atoms with Crippen molar-refractivity contribution in [2.45, 2.75) is 19.8 Å². The van der Waals surface area contributed by atoms with E-state index in [-0.39, 0.29) is 12.3 Å². The van der Waals surface area contributed by atoms with Gasteiger partial charge in [-0.3, -0.25) is 9.59 Å². The summed E-state index contributed by atoms with van der Waals surface area (Å²) in [5.41, 5.74) is -0.124. The first kappa shape index (κ1) is 10.7. The molecule has 0 bridgehead atoms. The van der Waals surface area contributed by atoms with Gasteiger partial charge in [0.15, 0.2) is 0 Å². The molecule has 1 aromatic heterocycles. The number of nitrogens with one attached hydrogen (secondary N) is 1. The fourth-order valence-corrected chi connectivity index (χ4v) is 1.46. The van der Waals surface area contributed by atoms with E-state index < -0.39 is 17.3 Å². The van der Waals surface area contributed by atoms with Crippen molar-refractivity contribution in [2.24, 2.45) is 5.41 Å². The highest BCUT2D eigenvalue weighted by Gasteiger charge is 2.50. The van der Waals surface area contributed by atoms with Crippen molar-refractivity contribution in [3.63, 3.8) is 0 Å². The van der Waals surface area contributed by atoms with Gasteiger partial charge in [-0.05, 0) is 19.8 Å². The molecule has 2 rings (SSSR count). The Morgan fingerprint density at radius 3 is 2.75 bits per heavy atom. The standard InChI is InChI=1S/C10H12N2O4/c1-6-4-12-16-7(6)8(13)11-5-10(2-3-10)9(14)15/h4H,2-3,5H2,1H3,(H,11,13)(H,14,15). The molecule has 0 spiro atoms. The monoisotopic (exact) mass is 224 g/mol. The van der Waals surface area contributed by atoms with Crippen LogP contribution in [0.1, 0.15) is 29.0 Å². The van der Waals surface area contributed by atoms with Crippen molar-refractivity contribution in [3.05, 3.63) is 17.5 Å². The first-order chi connectivity index (χ1) is 7.55. The van der Waals surface area contributed by atoms with Crippen LogP contribution >= 0.6 is 0 Å². The highest BCUT2D eigenvalue weighted by Crippen LogP contribution is 2.45. The van der Waals surface area contributed by atoms with Crippen molar-refractivity contribution in [3.8, 4) is 0 Å². The lowest BCUT2D eigenvalue weighted by molar-refractivity contribution is -0.143. The summed E-state index contributed by atoms with van der Waals surface area (Å²) in [6, 6.07) is 0. The molecular weight excluding hydrogens is 212 g/mol. The Balaban J connectivity index is 1.95. The molecule has 1 heterocycles. The van der Waals surface area contributed by atoms with Crippen LogP contribution in [0.15, 0.2) is 10.7 Å². The molecule has 0 radical (unpaired) electrons. The van der Waals surface area contributed by atoms with Gasteiger partial charge in [-0.1, -0.05) is 5.16 Å². The van der Waals surface area contributed by atoms with E-state index in [0.29, 0.717) is 18.4 Å². The van der Waals surface area contributed by atoms with Gasteiger partial charge in [0, 0.05) is 12.1 Å². The number of carbonyl (C=O) groups excluding carboxylic acids is 1. The van der Waals surface area contributed by atoms with Crippen LogP contribution in [0.3, 0.4) is 0 Å². The molecule has 1 aromatic rings. The quantitative estimate of drug-likeness (QED) is 0.780. The van der Waals surface area contributed by atoms with Crippen LogP contribution in [-0.2, 0) is 4.79 Å². The third kappa shape index (κ3) is 1.78. The highest BCUT2D eigenvalue weighted by atomic mass is 16.5. The minimum atomic E-state index is -0.859. The molecule has 0 atom stereocenters. The molecule has 0 saturated heterocycles. The molecule has 1 aliphatic rings. The molecule has 0 unspecified atom stereocenters. The molecule has 1 fully saturated rings. The number of nitrogens with zero attached hydrogens (tertiary/aromatic N) is 1. The highest BCUT2D eigenvalue weighted by molar-refractivity contribution is 5.93. The zero-order valence-electron chi connectivity index (χ0n) is 8.82. The zero-order chi connectivity index (χ0) is 11.8. The molecule has 2 N–H and O–H groups in total. The van der Waals surface area contributed by atoms with Gasteiger partial charge in [-0.2, -0.15) is 0 Å². The summed E-state index contributed by atoms with van der Waals surface area (Å²) < 4.78 is 4.76. The first-order valence-corrected chi connectivity index (χ1v) is 4.98. The predicted molar refractivity (Wildman–Crippen MR) is 52.9 cm³/mol. The van der Waals surface area contributed by atoms with E-state index in [1.54, 1.807) is 6.92 Å². The number of hydrogen-bond donors (Lipinski definition) is 2. The summed E-state index contributed by atoms with van der Waals surface area (Å²) in [6.07, 6.45) is 2.66. The molecule has 6 nitrogen and oxygen atoms in total. The average molecular weight is 224 g/mol. The number of carboxylic acids is 1. The van der Waals surface area contributed by atoms with Gasteiger partial charge in [0.2, 0.25) is 5.76 Å². The van der Waals surface area contributed by atoms with Gasteiger partial charge in [-0.15, -0.1) is 0 Å². The molecule has 86 valence electrons. The molecule has 1 saturated carbocycles. The number of aliphatic carboxylic acids is 1. The maximum Gasteiger partial charge on any atom is 0.311 e. The van der Waals surface area contributed by atoms with E-state index in [9.17, 15) is 9.59 Å². The van der Waals surface area contributed by atoms with Crippen LogP contribution in [0.5, 0.6) is 0 Å². The summed E-state index contributed by atoms with van der Waals surface area (Å²) in [6.45, 7) is 1.84. The third-order valence-electron chi connectivity index (χ3n) is 2.85. The number of carbonyl (C=O) groups is 2. The van der Waals surface area contributed by atoms with Crippen molar-refractivity contribution in [1.29, 1.82) is 0 Å². The van der Waals surface area contributed by atoms with Gasteiger partial charge in [0.05, 0.1) is 11.6 Å². The number of amides is 1. The molecule has 6 heteroatoms. The Morgan fingerprint density at radius 1 is 1.62 bits per heavy atom. The van der Waals surface area contributed by atoms with E-state index in [1.165, 1.54) is 6.20 Å². The topological polar surface area (TPSA) is 92.4 Å². The Kier molecular flexibility index (Phi) is 2.41.